The number of aryl methyl sites for hydroxylation is 1. The Morgan fingerprint density at radius 1 is 0.800 bits per heavy atom. The predicted molar refractivity (Wildman–Crippen MR) is 146 cm³/mol. The molecule has 1 aromatic heterocycles. The van der Waals surface area contributed by atoms with Crippen molar-refractivity contribution in [2.24, 2.45) is 0 Å². The number of rotatable bonds is 3. The van der Waals surface area contributed by atoms with Crippen LogP contribution in [0.25, 0.3) is 21.2 Å². The summed E-state index contributed by atoms with van der Waals surface area (Å²) in [6.45, 7) is 2.10. The van der Waals surface area contributed by atoms with Crippen LogP contribution in [-0.4, -0.2) is 5.11 Å². The zero-order valence-electron chi connectivity index (χ0n) is 19.6. The third-order valence-electron chi connectivity index (χ3n) is 7.35. The Hall–Kier alpha value is -3.69. The molecule has 6 rings (SSSR count). The van der Waals surface area contributed by atoms with Gasteiger partial charge in [-0.2, -0.15) is 0 Å². The second kappa shape index (κ2) is 8.83. The Balaban J connectivity index is 1.41. The van der Waals surface area contributed by atoms with Crippen LogP contribution in [0.5, 0.6) is 5.06 Å². The third kappa shape index (κ3) is 3.96. The van der Waals surface area contributed by atoms with E-state index >= 15 is 0 Å². The van der Waals surface area contributed by atoms with Gasteiger partial charge in [0.2, 0.25) is 0 Å². The smallest absolute Gasteiger partial charge is 0.195 e. The van der Waals surface area contributed by atoms with Gasteiger partial charge in [-0.3, -0.25) is 4.79 Å². The third-order valence-corrected chi connectivity index (χ3v) is 8.34. The second-order valence-corrected chi connectivity index (χ2v) is 10.6. The maximum Gasteiger partial charge on any atom is 0.195 e. The SMILES string of the molecule is Cc1ccc(-c2ccc(C3Cc4ccccc4C(c4c(O)sc5ccccc5c4=O)C3)cc2)cc1. The van der Waals surface area contributed by atoms with Gasteiger partial charge in [-0.1, -0.05) is 102 Å². The van der Waals surface area contributed by atoms with Crippen molar-refractivity contribution in [3.8, 4) is 16.2 Å². The summed E-state index contributed by atoms with van der Waals surface area (Å²) < 4.78 is 0.825. The molecule has 0 radical (unpaired) electrons. The lowest BCUT2D eigenvalue weighted by Gasteiger charge is -2.32. The molecule has 1 aliphatic rings. The molecule has 0 saturated carbocycles. The first kappa shape index (κ1) is 21.8. The van der Waals surface area contributed by atoms with Gasteiger partial charge in [0.1, 0.15) is 0 Å². The Labute approximate surface area is 209 Å². The fraction of sp³-hybridized carbons (Fsp3) is 0.156. The van der Waals surface area contributed by atoms with Gasteiger partial charge < -0.3 is 5.11 Å². The zero-order valence-corrected chi connectivity index (χ0v) is 20.4. The summed E-state index contributed by atoms with van der Waals surface area (Å²) in [7, 11) is 0. The van der Waals surface area contributed by atoms with Crippen molar-refractivity contribution in [3.05, 3.63) is 135 Å². The van der Waals surface area contributed by atoms with Crippen LogP contribution in [0.2, 0.25) is 0 Å². The minimum atomic E-state index is -0.130. The molecule has 5 aromatic rings. The van der Waals surface area contributed by atoms with E-state index in [9.17, 15) is 9.90 Å². The van der Waals surface area contributed by atoms with Gasteiger partial charge in [0, 0.05) is 16.0 Å². The summed E-state index contributed by atoms with van der Waals surface area (Å²) in [5, 5.41) is 11.9. The first-order chi connectivity index (χ1) is 17.1. The molecule has 0 fully saturated rings. The van der Waals surface area contributed by atoms with Crippen LogP contribution in [-0.2, 0) is 6.42 Å². The highest BCUT2D eigenvalue weighted by atomic mass is 32.1. The molecule has 3 heteroatoms. The molecule has 0 aliphatic heterocycles. The van der Waals surface area contributed by atoms with Gasteiger partial charge >= 0.3 is 0 Å². The molecule has 0 spiro atoms. The van der Waals surface area contributed by atoms with Crippen LogP contribution in [0.15, 0.2) is 102 Å². The minimum Gasteiger partial charge on any atom is -0.499 e. The van der Waals surface area contributed by atoms with Crippen LogP contribution in [0.1, 0.15) is 46.1 Å². The van der Waals surface area contributed by atoms with Crippen LogP contribution in [0.4, 0.5) is 0 Å². The molecule has 1 N–H and O–H groups in total. The Bertz CT molecular complexity index is 1580. The summed E-state index contributed by atoms with van der Waals surface area (Å²) in [6, 6.07) is 33.4. The predicted octanol–water partition coefficient (Wildman–Crippen LogP) is 7.80. The quantitative estimate of drug-likeness (QED) is 0.290. The van der Waals surface area contributed by atoms with Crippen LogP contribution in [0, 0.1) is 6.92 Å². The highest BCUT2D eigenvalue weighted by Crippen LogP contribution is 2.46. The Morgan fingerprint density at radius 3 is 2.23 bits per heavy atom. The summed E-state index contributed by atoms with van der Waals surface area (Å²) >= 11 is 1.30. The molecule has 4 aromatic carbocycles. The maximum absolute atomic E-state index is 13.6. The van der Waals surface area contributed by atoms with Gasteiger partial charge in [-0.15, -0.1) is 0 Å². The fourth-order valence-corrected chi connectivity index (χ4v) is 6.46. The standard InChI is InChI=1S/C32H26O2S/c1-20-10-12-21(13-11-20)22-14-16-23(17-15-22)25-18-24-6-2-3-7-26(24)28(19-25)30-31(33)27-8-4-5-9-29(27)35-32(30)34/h2-17,25,28,34H,18-19H2,1H3. The number of hydrogen-bond acceptors (Lipinski definition) is 3. The molecule has 2 atom stereocenters. The monoisotopic (exact) mass is 474 g/mol. The summed E-state index contributed by atoms with van der Waals surface area (Å²) in [5.74, 6) is 0.146. The molecule has 1 aliphatic carbocycles. The summed E-state index contributed by atoms with van der Waals surface area (Å²) in [6.07, 6.45) is 1.73. The largest absolute Gasteiger partial charge is 0.499 e. The van der Waals surface area contributed by atoms with Crippen LogP contribution < -0.4 is 5.43 Å². The van der Waals surface area contributed by atoms with Crippen molar-refractivity contribution < 1.29 is 5.11 Å². The van der Waals surface area contributed by atoms with Crippen molar-refractivity contribution in [1.29, 1.82) is 0 Å². The number of hydrogen-bond donors (Lipinski definition) is 1. The first-order valence-electron chi connectivity index (χ1n) is 12.1. The highest BCUT2D eigenvalue weighted by Gasteiger charge is 2.32. The number of fused-ring (bicyclic) bond motifs is 2. The van der Waals surface area contributed by atoms with E-state index in [-0.39, 0.29) is 22.3 Å². The number of benzene rings is 4. The van der Waals surface area contributed by atoms with E-state index in [1.807, 2.05) is 30.3 Å². The topological polar surface area (TPSA) is 37.3 Å². The highest BCUT2D eigenvalue weighted by molar-refractivity contribution is 7.20. The van der Waals surface area contributed by atoms with E-state index in [2.05, 4.69) is 73.7 Å². The lowest BCUT2D eigenvalue weighted by molar-refractivity contribution is 0.465. The van der Waals surface area contributed by atoms with E-state index in [4.69, 9.17) is 0 Å². The van der Waals surface area contributed by atoms with E-state index < -0.39 is 0 Å². The van der Waals surface area contributed by atoms with Crippen LogP contribution >= 0.6 is 11.3 Å². The number of aromatic hydroxyl groups is 1. The minimum absolute atomic E-state index is 0.0491. The van der Waals surface area contributed by atoms with Crippen LogP contribution in [0.3, 0.4) is 0 Å². The first-order valence-corrected chi connectivity index (χ1v) is 12.9. The van der Waals surface area contributed by atoms with Crippen molar-refractivity contribution in [2.75, 3.05) is 0 Å². The molecular weight excluding hydrogens is 448 g/mol. The molecule has 35 heavy (non-hydrogen) atoms. The summed E-state index contributed by atoms with van der Waals surface area (Å²) in [5.41, 5.74) is 7.87. The maximum atomic E-state index is 13.6. The van der Waals surface area contributed by atoms with Gasteiger partial charge in [-0.05, 0) is 65.6 Å². The molecule has 0 bridgehead atoms. The van der Waals surface area contributed by atoms with E-state index in [1.54, 1.807) is 0 Å². The molecule has 1 heterocycles. The Morgan fingerprint density at radius 2 is 1.46 bits per heavy atom. The Kier molecular flexibility index (Phi) is 5.50. The van der Waals surface area contributed by atoms with Crippen molar-refractivity contribution in [2.45, 2.75) is 31.6 Å². The van der Waals surface area contributed by atoms with Gasteiger partial charge in [0.15, 0.2) is 10.5 Å². The lowest BCUT2D eigenvalue weighted by Crippen LogP contribution is -2.23. The van der Waals surface area contributed by atoms with Crippen molar-refractivity contribution >= 4 is 21.4 Å². The molecule has 0 amide bonds. The lowest BCUT2D eigenvalue weighted by atomic mass is 9.72. The second-order valence-electron chi connectivity index (χ2n) is 9.52. The normalized spacial score (nSPS) is 17.3. The van der Waals surface area contributed by atoms with E-state index in [1.165, 1.54) is 39.2 Å². The fourth-order valence-electron chi connectivity index (χ4n) is 5.49. The molecule has 2 unspecified atom stereocenters. The van der Waals surface area contributed by atoms with Gasteiger partial charge in [0.05, 0.1) is 5.56 Å². The average molecular weight is 475 g/mol. The van der Waals surface area contributed by atoms with E-state index in [0.717, 1.165) is 23.1 Å². The van der Waals surface area contributed by atoms with Gasteiger partial charge in [-0.25, -0.2) is 0 Å². The average Bonchev–Trinajstić information content (AvgIpc) is 2.89. The zero-order chi connectivity index (χ0) is 23.9. The molecule has 172 valence electrons. The van der Waals surface area contributed by atoms with Gasteiger partial charge in [0.25, 0.3) is 0 Å². The van der Waals surface area contributed by atoms with Crippen molar-refractivity contribution in [1.82, 2.24) is 0 Å². The molecular formula is C32H26O2S. The molecule has 0 saturated heterocycles. The van der Waals surface area contributed by atoms with E-state index in [0.29, 0.717) is 10.9 Å². The summed E-state index contributed by atoms with van der Waals surface area (Å²) in [4.78, 5) is 13.6. The van der Waals surface area contributed by atoms with Crippen molar-refractivity contribution in [3.63, 3.8) is 0 Å². The molecule has 2 nitrogen and oxygen atoms in total.